The predicted octanol–water partition coefficient (Wildman–Crippen LogP) is 3.17. The first-order chi connectivity index (χ1) is 9.84. The van der Waals surface area contributed by atoms with Crippen molar-refractivity contribution in [3.05, 3.63) is 28.3 Å². The van der Waals surface area contributed by atoms with Gasteiger partial charge in [0.1, 0.15) is 0 Å². The summed E-state index contributed by atoms with van der Waals surface area (Å²) in [7, 11) is -3.58. The van der Waals surface area contributed by atoms with Crippen molar-refractivity contribution in [3.8, 4) is 5.75 Å². The van der Waals surface area contributed by atoms with Crippen LogP contribution < -0.4 is 4.74 Å². The van der Waals surface area contributed by atoms with Crippen LogP contribution in [0.15, 0.2) is 23.1 Å². The molecule has 0 saturated heterocycles. The molecular weight excluding hydrogens is 318 g/mol. The summed E-state index contributed by atoms with van der Waals surface area (Å²) in [6, 6.07) is 3.61. The molecule has 0 aliphatic carbocycles. The second-order valence-electron chi connectivity index (χ2n) is 4.57. The highest BCUT2D eigenvalue weighted by molar-refractivity contribution is 7.92. The molecule has 0 aliphatic rings. The number of sulfone groups is 1. The Morgan fingerprint density at radius 1 is 1.43 bits per heavy atom. The third-order valence-corrected chi connectivity index (χ3v) is 5.39. The lowest BCUT2D eigenvalue weighted by atomic mass is 10.3. The summed E-state index contributed by atoms with van der Waals surface area (Å²) in [5.74, 6) is 0.202. The Kier molecular flexibility index (Phi) is 6.42. The summed E-state index contributed by atoms with van der Waals surface area (Å²) in [5, 5.41) is 10.3. The molecule has 0 bridgehead atoms. The summed E-state index contributed by atoms with van der Waals surface area (Å²) >= 11 is 5.58. The van der Waals surface area contributed by atoms with Gasteiger partial charge in [0.15, 0.2) is 15.6 Å². The first kappa shape index (κ1) is 17.7. The van der Waals surface area contributed by atoms with E-state index in [2.05, 4.69) is 0 Å². The smallest absolute Gasteiger partial charge is 0.311 e. The van der Waals surface area contributed by atoms with Gasteiger partial charge in [-0.15, -0.1) is 11.6 Å². The molecular formula is C13H18ClNO5S. The van der Waals surface area contributed by atoms with E-state index in [-0.39, 0.29) is 28.8 Å². The Morgan fingerprint density at radius 2 is 2.10 bits per heavy atom. The minimum absolute atomic E-state index is 0.0109. The Hall–Kier alpha value is -1.34. The average molecular weight is 336 g/mol. The number of hydrogen-bond acceptors (Lipinski definition) is 5. The second kappa shape index (κ2) is 7.61. The lowest BCUT2D eigenvalue weighted by Gasteiger charge is -2.13. The maximum atomic E-state index is 12.3. The van der Waals surface area contributed by atoms with Gasteiger partial charge in [-0.1, -0.05) is 6.92 Å². The van der Waals surface area contributed by atoms with E-state index in [4.69, 9.17) is 16.3 Å². The van der Waals surface area contributed by atoms with Gasteiger partial charge in [-0.2, -0.15) is 0 Å². The molecule has 8 heteroatoms. The Labute approximate surface area is 129 Å². The van der Waals surface area contributed by atoms with Gasteiger partial charge in [0.05, 0.1) is 21.7 Å². The molecule has 0 amide bonds. The number of benzene rings is 1. The average Bonchev–Trinajstić information content (AvgIpc) is 2.44. The van der Waals surface area contributed by atoms with E-state index in [0.29, 0.717) is 12.8 Å². The van der Waals surface area contributed by atoms with Crippen LogP contribution in [0.3, 0.4) is 0 Å². The number of halogens is 1. The highest BCUT2D eigenvalue weighted by Crippen LogP contribution is 2.31. The van der Waals surface area contributed by atoms with Crippen LogP contribution in [0, 0.1) is 10.1 Å². The van der Waals surface area contributed by atoms with Gasteiger partial charge in [0.25, 0.3) is 0 Å². The Morgan fingerprint density at radius 3 is 2.62 bits per heavy atom. The van der Waals surface area contributed by atoms with Crippen LogP contribution >= 0.6 is 11.6 Å². The molecule has 0 spiro atoms. The number of nitro groups is 1. The fourth-order valence-electron chi connectivity index (χ4n) is 1.69. The maximum absolute atomic E-state index is 12.3. The van der Waals surface area contributed by atoms with Crippen molar-refractivity contribution in [2.45, 2.75) is 36.8 Å². The predicted molar refractivity (Wildman–Crippen MR) is 80.9 cm³/mol. The molecule has 0 radical (unpaired) electrons. The molecule has 1 unspecified atom stereocenters. The van der Waals surface area contributed by atoms with Gasteiger partial charge >= 0.3 is 5.69 Å². The summed E-state index contributed by atoms with van der Waals surface area (Å²) in [6.07, 6.45) is 0.975. The van der Waals surface area contributed by atoms with E-state index < -0.39 is 20.0 Å². The number of alkyl halides is 1. The lowest BCUT2D eigenvalue weighted by Crippen LogP contribution is -2.18. The molecule has 0 heterocycles. The summed E-state index contributed by atoms with van der Waals surface area (Å²) in [5.41, 5.74) is -0.243. The van der Waals surface area contributed by atoms with Crippen molar-refractivity contribution in [1.29, 1.82) is 0 Å². The Bertz CT molecular complexity index is 603. The summed E-state index contributed by atoms with van der Waals surface area (Å²) in [6.45, 7) is 3.70. The van der Waals surface area contributed by atoms with Crippen LogP contribution in [0.5, 0.6) is 5.75 Å². The molecule has 0 fully saturated rings. The first-order valence-corrected chi connectivity index (χ1v) is 8.63. The van der Waals surface area contributed by atoms with Crippen LogP contribution in [0.2, 0.25) is 0 Å². The molecule has 1 rings (SSSR count). The van der Waals surface area contributed by atoms with Gasteiger partial charge in [-0.25, -0.2) is 8.42 Å². The first-order valence-electron chi connectivity index (χ1n) is 6.55. The quantitative estimate of drug-likeness (QED) is 0.413. The van der Waals surface area contributed by atoms with Crippen molar-refractivity contribution < 1.29 is 18.1 Å². The maximum Gasteiger partial charge on any atom is 0.311 e. The van der Waals surface area contributed by atoms with Crippen LogP contribution in [0.4, 0.5) is 5.69 Å². The monoisotopic (exact) mass is 335 g/mol. The van der Waals surface area contributed by atoms with Gasteiger partial charge in [0, 0.05) is 18.0 Å². The molecule has 1 atom stereocenters. The molecule has 118 valence electrons. The van der Waals surface area contributed by atoms with E-state index in [1.54, 1.807) is 6.92 Å². The van der Waals surface area contributed by atoms with E-state index in [0.717, 1.165) is 6.07 Å². The van der Waals surface area contributed by atoms with Crippen molar-refractivity contribution >= 4 is 27.1 Å². The summed E-state index contributed by atoms with van der Waals surface area (Å²) < 4.78 is 30.0. The van der Waals surface area contributed by atoms with Crippen LogP contribution in [0.25, 0.3) is 0 Å². The Balaban J connectivity index is 3.23. The van der Waals surface area contributed by atoms with Crippen molar-refractivity contribution in [3.63, 3.8) is 0 Å². The van der Waals surface area contributed by atoms with Gasteiger partial charge < -0.3 is 4.74 Å². The van der Waals surface area contributed by atoms with Crippen LogP contribution in [0.1, 0.15) is 26.7 Å². The molecule has 0 aliphatic heterocycles. The summed E-state index contributed by atoms with van der Waals surface area (Å²) in [4.78, 5) is 10.4. The van der Waals surface area contributed by atoms with E-state index in [1.807, 2.05) is 6.92 Å². The van der Waals surface area contributed by atoms with Crippen molar-refractivity contribution in [1.82, 2.24) is 0 Å². The molecule has 6 nitrogen and oxygen atoms in total. The van der Waals surface area contributed by atoms with E-state index in [1.165, 1.54) is 12.1 Å². The van der Waals surface area contributed by atoms with Crippen molar-refractivity contribution in [2.75, 3.05) is 12.5 Å². The molecule has 1 aromatic carbocycles. The number of ether oxygens (including phenoxy) is 1. The normalized spacial score (nSPS) is 12.9. The SMILES string of the molecule is CCCOc1cc(S(=O)(=O)C(C)CCCl)ccc1[N+](=O)[O-]. The zero-order chi connectivity index (χ0) is 16.0. The minimum atomic E-state index is -3.58. The fraction of sp³-hybridized carbons (Fsp3) is 0.538. The van der Waals surface area contributed by atoms with Crippen molar-refractivity contribution in [2.24, 2.45) is 0 Å². The standard InChI is InChI=1S/C13H18ClNO5S/c1-3-8-20-13-9-11(4-5-12(13)15(16)17)21(18,19)10(2)6-7-14/h4-5,9-10H,3,6-8H2,1-2H3. The third kappa shape index (κ3) is 4.31. The highest BCUT2D eigenvalue weighted by atomic mass is 35.5. The molecule has 1 aromatic rings. The van der Waals surface area contributed by atoms with Gasteiger partial charge in [0.2, 0.25) is 0 Å². The number of nitro benzene ring substituents is 1. The lowest BCUT2D eigenvalue weighted by molar-refractivity contribution is -0.385. The van der Waals surface area contributed by atoms with E-state index in [9.17, 15) is 18.5 Å². The molecule has 0 saturated carbocycles. The second-order valence-corrected chi connectivity index (χ2v) is 7.31. The van der Waals surface area contributed by atoms with Gasteiger partial charge in [-0.3, -0.25) is 10.1 Å². The molecule has 0 N–H and O–H groups in total. The largest absolute Gasteiger partial charge is 0.487 e. The van der Waals surface area contributed by atoms with E-state index >= 15 is 0 Å². The zero-order valence-electron chi connectivity index (χ0n) is 11.9. The van der Waals surface area contributed by atoms with Crippen LogP contribution in [-0.2, 0) is 9.84 Å². The highest BCUT2D eigenvalue weighted by Gasteiger charge is 2.26. The molecule has 0 aromatic heterocycles. The number of hydrogen-bond donors (Lipinski definition) is 0. The minimum Gasteiger partial charge on any atom is -0.487 e. The van der Waals surface area contributed by atoms with Crippen LogP contribution in [-0.4, -0.2) is 31.1 Å². The topological polar surface area (TPSA) is 86.5 Å². The number of nitrogens with zero attached hydrogens (tertiary/aromatic N) is 1. The fourth-order valence-corrected chi connectivity index (χ4v) is 3.57. The zero-order valence-corrected chi connectivity index (χ0v) is 13.5. The number of rotatable bonds is 8. The molecule has 21 heavy (non-hydrogen) atoms. The third-order valence-electron chi connectivity index (χ3n) is 2.96. The van der Waals surface area contributed by atoms with Gasteiger partial charge in [-0.05, 0) is 25.8 Å².